The fraction of sp³-hybridized carbons (Fsp3) is 0.778. The van der Waals surface area contributed by atoms with Crippen LogP contribution in [-0.4, -0.2) is 27.5 Å². The highest BCUT2D eigenvalue weighted by atomic mass is 35.5. The van der Waals surface area contributed by atoms with Gasteiger partial charge in [-0.1, -0.05) is 27.2 Å². The number of halogens is 2. The zero-order chi connectivity index (χ0) is 16.6. The minimum atomic E-state index is 0. The molecule has 1 aliphatic carbocycles. The SMILES string of the molecule is CC(C)(C)c1cn2c(n1)CCC(NC(=O)C[C@@H]1CCC[C@H]1N)C2.Cl.Cl. The van der Waals surface area contributed by atoms with Gasteiger partial charge in [0.15, 0.2) is 0 Å². The number of nitrogens with two attached hydrogens (primary N) is 1. The third kappa shape index (κ3) is 5.35. The molecule has 2 aliphatic rings. The Labute approximate surface area is 163 Å². The minimum absolute atomic E-state index is 0. The van der Waals surface area contributed by atoms with Gasteiger partial charge in [-0.25, -0.2) is 4.98 Å². The lowest BCUT2D eigenvalue weighted by Gasteiger charge is -2.25. The highest BCUT2D eigenvalue weighted by molar-refractivity contribution is 5.85. The van der Waals surface area contributed by atoms with Crippen LogP contribution in [0.1, 0.15) is 64.4 Å². The Morgan fingerprint density at radius 3 is 2.64 bits per heavy atom. The van der Waals surface area contributed by atoms with Crippen molar-refractivity contribution in [2.75, 3.05) is 0 Å². The van der Waals surface area contributed by atoms with E-state index in [0.717, 1.165) is 50.2 Å². The molecule has 5 nitrogen and oxygen atoms in total. The zero-order valence-electron chi connectivity index (χ0n) is 15.5. The van der Waals surface area contributed by atoms with E-state index < -0.39 is 0 Å². The summed E-state index contributed by atoms with van der Waals surface area (Å²) in [5.74, 6) is 1.69. The number of rotatable bonds is 3. The molecule has 144 valence electrons. The van der Waals surface area contributed by atoms with Crippen molar-refractivity contribution < 1.29 is 4.79 Å². The van der Waals surface area contributed by atoms with E-state index >= 15 is 0 Å². The van der Waals surface area contributed by atoms with Crippen LogP contribution in [0.2, 0.25) is 0 Å². The first-order valence-electron chi connectivity index (χ1n) is 8.94. The smallest absolute Gasteiger partial charge is 0.220 e. The van der Waals surface area contributed by atoms with Gasteiger partial charge in [0.25, 0.3) is 0 Å². The molecule has 0 spiro atoms. The van der Waals surface area contributed by atoms with E-state index in [1.165, 1.54) is 0 Å². The van der Waals surface area contributed by atoms with Gasteiger partial charge in [0.2, 0.25) is 5.91 Å². The van der Waals surface area contributed by atoms with Crippen molar-refractivity contribution in [1.82, 2.24) is 14.9 Å². The van der Waals surface area contributed by atoms with Crippen LogP contribution < -0.4 is 11.1 Å². The van der Waals surface area contributed by atoms with Gasteiger partial charge in [-0.15, -0.1) is 24.8 Å². The molecule has 3 atom stereocenters. The predicted molar refractivity (Wildman–Crippen MR) is 106 cm³/mol. The number of fused-ring (bicyclic) bond motifs is 1. The van der Waals surface area contributed by atoms with Gasteiger partial charge in [0.05, 0.1) is 5.69 Å². The topological polar surface area (TPSA) is 72.9 Å². The molecule has 1 amide bonds. The molecule has 1 aromatic rings. The second-order valence-corrected chi connectivity index (χ2v) is 8.31. The Bertz CT molecular complexity index is 582. The molecule has 1 aromatic heterocycles. The van der Waals surface area contributed by atoms with Gasteiger partial charge in [-0.2, -0.15) is 0 Å². The van der Waals surface area contributed by atoms with Crippen molar-refractivity contribution in [2.24, 2.45) is 11.7 Å². The maximum Gasteiger partial charge on any atom is 0.220 e. The number of carbonyl (C=O) groups excluding carboxylic acids is 1. The number of hydrogen-bond acceptors (Lipinski definition) is 3. The molecule has 0 saturated heterocycles. The normalized spacial score (nSPS) is 25.5. The lowest BCUT2D eigenvalue weighted by molar-refractivity contribution is -0.123. The number of aryl methyl sites for hydroxylation is 1. The van der Waals surface area contributed by atoms with E-state index in [4.69, 9.17) is 10.7 Å². The Morgan fingerprint density at radius 1 is 1.32 bits per heavy atom. The molecule has 1 saturated carbocycles. The van der Waals surface area contributed by atoms with Crippen LogP contribution in [0.4, 0.5) is 0 Å². The van der Waals surface area contributed by atoms with Gasteiger partial charge in [0.1, 0.15) is 5.82 Å². The molecular weight excluding hydrogens is 359 g/mol. The lowest BCUT2D eigenvalue weighted by Crippen LogP contribution is -2.42. The number of nitrogens with zero attached hydrogens (tertiary/aromatic N) is 2. The Hall–Kier alpha value is -0.780. The fourth-order valence-corrected chi connectivity index (χ4v) is 3.77. The van der Waals surface area contributed by atoms with Gasteiger partial charge in [-0.05, 0) is 25.2 Å². The Kier molecular flexibility index (Phi) is 7.78. The van der Waals surface area contributed by atoms with Crippen molar-refractivity contribution in [1.29, 1.82) is 0 Å². The number of imidazole rings is 1. The van der Waals surface area contributed by atoms with E-state index in [0.29, 0.717) is 12.3 Å². The van der Waals surface area contributed by atoms with Crippen LogP contribution >= 0.6 is 24.8 Å². The van der Waals surface area contributed by atoms with Crippen LogP contribution in [0.5, 0.6) is 0 Å². The first-order chi connectivity index (χ1) is 10.8. The van der Waals surface area contributed by atoms with E-state index in [1.807, 2.05) is 0 Å². The second-order valence-electron chi connectivity index (χ2n) is 8.31. The Morgan fingerprint density at radius 2 is 2.04 bits per heavy atom. The molecule has 0 bridgehead atoms. The number of aromatic nitrogens is 2. The molecule has 1 aliphatic heterocycles. The van der Waals surface area contributed by atoms with Crippen LogP contribution in [0.25, 0.3) is 0 Å². The third-order valence-corrected chi connectivity index (χ3v) is 5.29. The maximum absolute atomic E-state index is 12.3. The van der Waals surface area contributed by atoms with Crippen molar-refractivity contribution in [3.05, 3.63) is 17.7 Å². The largest absolute Gasteiger partial charge is 0.352 e. The van der Waals surface area contributed by atoms with E-state index in [1.54, 1.807) is 0 Å². The summed E-state index contributed by atoms with van der Waals surface area (Å²) in [6, 6.07) is 0.427. The van der Waals surface area contributed by atoms with Gasteiger partial charge < -0.3 is 15.6 Å². The summed E-state index contributed by atoms with van der Waals surface area (Å²) >= 11 is 0. The fourth-order valence-electron chi connectivity index (χ4n) is 3.77. The number of carbonyl (C=O) groups is 1. The maximum atomic E-state index is 12.3. The van der Waals surface area contributed by atoms with Crippen molar-refractivity contribution in [3.8, 4) is 0 Å². The van der Waals surface area contributed by atoms with E-state index in [9.17, 15) is 4.79 Å². The van der Waals surface area contributed by atoms with Crippen LogP contribution in [-0.2, 0) is 23.2 Å². The molecule has 1 fully saturated rings. The summed E-state index contributed by atoms with van der Waals surface area (Å²) in [5.41, 5.74) is 7.28. The molecule has 7 heteroatoms. The molecule has 2 heterocycles. The Balaban J connectivity index is 0.00000156. The summed E-state index contributed by atoms with van der Waals surface area (Å²) in [6.45, 7) is 7.39. The minimum Gasteiger partial charge on any atom is -0.352 e. The monoisotopic (exact) mass is 390 g/mol. The quantitative estimate of drug-likeness (QED) is 0.832. The highest BCUT2D eigenvalue weighted by Crippen LogP contribution is 2.27. The average Bonchev–Trinajstić information content (AvgIpc) is 3.05. The van der Waals surface area contributed by atoms with Gasteiger partial charge >= 0.3 is 0 Å². The number of nitrogens with one attached hydrogen (secondary N) is 1. The molecule has 3 N–H and O–H groups in total. The summed E-state index contributed by atoms with van der Waals surface area (Å²) in [5, 5.41) is 3.21. The lowest BCUT2D eigenvalue weighted by atomic mass is 9.93. The van der Waals surface area contributed by atoms with Crippen molar-refractivity contribution in [3.63, 3.8) is 0 Å². The first-order valence-corrected chi connectivity index (χ1v) is 8.94. The molecule has 25 heavy (non-hydrogen) atoms. The van der Waals surface area contributed by atoms with Gasteiger partial charge in [0, 0.05) is 43.1 Å². The molecular formula is C18H32Cl2N4O. The van der Waals surface area contributed by atoms with Gasteiger partial charge in [-0.3, -0.25) is 4.79 Å². The summed E-state index contributed by atoms with van der Waals surface area (Å²) < 4.78 is 2.22. The molecule has 0 radical (unpaired) electrons. The van der Waals surface area contributed by atoms with Crippen LogP contribution in [0.15, 0.2) is 6.20 Å². The highest BCUT2D eigenvalue weighted by Gasteiger charge is 2.28. The summed E-state index contributed by atoms with van der Waals surface area (Å²) in [7, 11) is 0. The standard InChI is InChI=1S/C18H30N4O.2ClH/c1-18(2,3)15-11-22-10-13(7-8-16(22)21-15)20-17(23)9-12-5-4-6-14(12)19;;/h11-14H,4-10,19H2,1-3H3,(H,20,23);2*1H/t12-,13?,14+;;/m0../s1. The molecule has 0 aromatic carbocycles. The van der Waals surface area contributed by atoms with Crippen molar-refractivity contribution >= 4 is 30.7 Å². The van der Waals surface area contributed by atoms with E-state index in [-0.39, 0.29) is 48.2 Å². The van der Waals surface area contributed by atoms with Crippen LogP contribution in [0.3, 0.4) is 0 Å². The second kappa shape index (κ2) is 8.74. The molecule has 3 rings (SSSR count). The van der Waals surface area contributed by atoms with Crippen LogP contribution in [0, 0.1) is 5.92 Å². The summed E-state index contributed by atoms with van der Waals surface area (Å²) in [4.78, 5) is 17.1. The zero-order valence-corrected chi connectivity index (χ0v) is 17.1. The first kappa shape index (κ1) is 22.3. The van der Waals surface area contributed by atoms with E-state index in [2.05, 4.69) is 36.9 Å². The molecule has 1 unspecified atom stereocenters. The third-order valence-electron chi connectivity index (χ3n) is 5.29. The number of amides is 1. The predicted octanol–water partition coefficient (Wildman–Crippen LogP) is 2.97. The average molecular weight is 391 g/mol. The van der Waals surface area contributed by atoms with Crippen molar-refractivity contribution in [2.45, 2.75) is 83.3 Å². The summed E-state index contributed by atoms with van der Waals surface area (Å²) in [6.07, 6.45) is 7.97. The number of hydrogen-bond donors (Lipinski definition) is 2.